The molecule has 1 atom stereocenters. The Morgan fingerprint density at radius 2 is 1.12 bits per heavy atom. The van der Waals surface area contributed by atoms with Crippen LogP contribution in [0.4, 0.5) is 0 Å². The summed E-state index contributed by atoms with van der Waals surface area (Å²) in [5.41, 5.74) is 0.685. The predicted octanol–water partition coefficient (Wildman–Crippen LogP) is 7.08. The number of rotatable bonds is 18. The minimum Gasteiger partial charge on any atom is -0.320 e. The normalized spacial score (nSPS) is 13.0. The SMILES string of the molecule is C=C(C)C(=O)C(C)[N+](C)(C)CCCCCCCCCCCCCCCC. The molecule has 0 heterocycles. The molecule has 0 aliphatic heterocycles. The number of carbonyl (C=O) groups excluding carboxylic acids is 1. The molecule has 0 bridgehead atoms. The second kappa shape index (κ2) is 15.4. The van der Waals surface area contributed by atoms with Gasteiger partial charge in [-0.1, -0.05) is 90.6 Å². The second-order valence-electron chi connectivity index (χ2n) is 8.92. The van der Waals surface area contributed by atoms with Gasteiger partial charge in [0.15, 0.2) is 0 Å². The fourth-order valence-electron chi connectivity index (χ4n) is 3.58. The molecular formula is C24H48NO+. The van der Waals surface area contributed by atoms with Gasteiger partial charge in [-0.3, -0.25) is 4.79 Å². The first-order valence-corrected chi connectivity index (χ1v) is 11.3. The summed E-state index contributed by atoms with van der Waals surface area (Å²) in [7, 11) is 4.35. The van der Waals surface area contributed by atoms with Crippen LogP contribution in [-0.2, 0) is 4.79 Å². The van der Waals surface area contributed by atoms with Gasteiger partial charge >= 0.3 is 0 Å². The topological polar surface area (TPSA) is 17.1 Å². The van der Waals surface area contributed by atoms with Gasteiger partial charge in [0, 0.05) is 0 Å². The summed E-state index contributed by atoms with van der Waals surface area (Å²) in [6.45, 7) is 11.0. The number of carbonyl (C=O) groups is 1. The van der Waals surface area contributed by atoms with Gasteiger partial charge in [0.1, 0.15) is 6.04 Å². The monoisotopic (exact) mass is 366 g/mol. The highest BCUT2D eigenvalue weighted by Gasteiger charge is 2.29. The largest absolute Gasteiger partial charge is 0.320 e. The van der Waals surface area contributed by atoms with Crippen LogP contribution in [0.3, 0.4) is 0 Å². The molecule has 0 amide bonds. The number of likely N-dealkylation sites (N-methyl/N-ethyl adjacent to an activating group) is 1. The van der Waals surface area contributed by atoms with Gasteiger partial charge in [0.25, 0.3) is 0 Å². The third kappa shape index (κ3) is 12.7. The lowest BCUT2D eigenvalue weighted by Gasteiger charge is -2.35. The molecule has 0 rings (SSSR count). The Hall–Kier alpha value is -0.630. The van der Waals surface area contributed by atoms with E-state index in [2.05, 4.69) is 27.6 Å². The highest BCUT2D eigenvalue weighted by molar-refractivity contribution is 5.97. The molecule has 0 aromatic carbocycles. The van der Waals surface area contributed by atoms with Crippen molar-refractivity contribution in [1.29, 1.82) is 0 Å². The molecule has 1 unspecified atom stereocenters. The lowest BCUT2D eigenvalue weighted by atomic mass is 10.0. The van der Waals surface area contributed by atoms with Crippen molar-refractivity contribution in [3.63, 3.8) is 0 Å². The summed E-state index contributed by atoms with van der Waals surface area (Å²) in [5, 5.41) is 0. The summed E-state index contributed by atoms with van der Waals surface area (Å²) < 4.78 is 0.782. The maximum absolute atomic E-state index is 12.1. The van der Waals surface area contributed by atoms with E-state index in [1.807, 2.05) is 13.8 Å². The number of ketones is 1. The minimum atomic E-state index is 0.0227. The van der Waals surface area contributed by atoms with Crippen molar-refractivity contribution in [1.82, 2.24) is 0 Å². The Balaban J connectivity index is 3.50. The Labute approximate surface area is 165 Å². The molecule has 0 fully saturated rings. The minimum absolute atomic E-state index is 0.0227. The van der Waals surface area contributed by atoms with E-state index in [4.69, 9.17) is 0 Å². The van der Waals surface area contributed by atoms with Gasteiger partial charge in [0.05, 0.1) is 20.6 Å². The zero-order chi connectivity index (χ0) is 19.8. The lowest BCUT2D eigenvalue weighted by molar-refractivity contribution is -0.904. The van der Waals surface area contributed by atoms with Crippen LogP contribution >= 0.6 is 0 Å². The van der Waals surface area contributed by atoms with Crippen LogP contribution < -0.4 is 0 Å². The van der Waals surface area contributed by atoms with E-state index in [1.54, 1.807) is 0 Å². The maximum atomic E-state index is 12.1. The van der Waals surface area contributed by atoms with E-state index in [0.29, 0.717) is 5.57 Å². The molecule has 0 aliphatic rings. The van der Waals surface area contributed by atoms with Crippen molar-refractivity contribution >= 4 is 5.78 Å². The van der Waals surface area contributed by atoms with Crippen LogP contribution in [0.25, 0.3) is 0 Å². The molecule has 0 saturated carbocycles. The molecular weight excluding hydrogens is 318 g/mol. The highest BCUT2D eigenvalue weighted by atomic mass is 16.1. The first-order chi connectivity index (χ1) is 12.3. The van der Waals surface area contributed by atoms with Crippen LogP contribution in [-0.4, -0.2) is 36.9 Å². The quantitative estimate of drug-likeness (QED) is 0.144. The van der Waals surface area contributed by atoms with Crippen molar-refractivity contribution in [2.45, 2.75) is 117 Å². The first kappa shape index (κ1) is 25.4. The van der Waals surface area contributed by atoms with Crippen LogP contribution in [0.2, 0.25) is 0 Å². The molecule has 154 valence electrons. The summed E-state index contributed by atoms with van der Waals surface area (Å²) >= 11 is 0. The summed E-state index contributed by atoms with van der Waals surface area (Å²) in [4.78, 5) is 12.1. The third-order valence-corrected chi connectivity index (χ3v) is 5.94. The smallest absolute Gasteiger partial charge is 0.214 e. The van der Waals surface area contributed by atoms with Crippen LogP contribution in [0, 0.1) is 0 Å². The zero-order valence-electron chi connectivity index (χ0n) is 18.7. The van der Waals surface area contributed by atoms with Gasteiger partial charge in [-0.2, -0.15) is 0 Å². The molecule has 0 radical (unpaired) electrons. The molecule has 0 aromatic heterocycles. The predicted molar refractivity (Wildman–Crippen MR) is 117 cm³/mol. The van der Waals surface area contributed by atoms with Gasteiger partial charge < -0.3 is 4.48 Å². The molecule has 0 saturated heterocycles. The fraction of sp³-hybridized carbons (Fsp3) is 0.875. The van der Waals surface area contributed by atoms with E-state index in [0.717, 1.165) is 11.0 Å². The Morgan fingerprint density at radius 1 is 0.769 bits per heavy atom. The standard InChI is InChI=1S/C24H48NO/c1-7-8-9-10-11-12-13-14-15-16-17-18-19-20-21-25(5,6)23(4)24(26)22(2)3/h23H,2,7-21H2,1,3-6H3/q+1. The van der Waals surface area contributed by atoms with Crippen molar-refractivity contribution < 1.29 is 9.28 Å². The number of quaternary nitrogens is 1. The van der Waals surface area contributed by atoms with Crippen LogP contribution in [0.1, 0.15) is 111 Å². The van der Waals surface area contributed by atoms with E-state index in [1.165, 1.54) is 89.9 Å². The first-order valence-electron chi connectivity index (χ1n) is 11.3. The molecule has 0 aliphatic carbocycles. The Morgan fingerprint density at radius 3 is 1.46 bits per heavy atom. The van der Waals surface area contributed by atoms with Gasteiger partial charge in [0.2, 0.25) is 5.78 Å². The molecule has 0 spiro atoms. The summed E-state index contributed by atoms with van der Waals surface area (Å²) in [5.74, 6) is 0.209. The fourth-order valence-corrected chi connectivity index (χ4v) is 3.58. The lowest BCUT2D eigenvalue weighted by Crippen LogP contribution is -2.52. The van der Waals surface area contributed by atoms with E-state index in [-0.39, 0.29) is 11.8 Å². The maximum Gasteiger partial charge on any atom is 0.214 e. The number of hydrogen-bond donors (Lipinski definition) is 0. The van der Waals surface area contributed by atoms with Gasteiger partial charge in [-0.25, -0.2) is 0 Å². The molecule has 26 heavy (non-hydrogen) atoms. The van der Waals surface area contributed by atoms with Crippen molar-refractivity contribution in [3.8, 4) is 0 Å². The average molecular weight is 367 g/mol. The summed E-state index contributed by atoms with van der Waals surface area (Å²) in [6.07, 6.45) is 19.5. The zero-order valence-corrected chi connectivity index (χ0v) is 18.7. The van der Waals surface area contributed by atoms with Crippen LogP contribution in [0.15, 0.2) is 12.2 Å². The van der Waals surface area contributed by atoms with Crippen molar-refractivity contribution in [2.24, 2.45) is 0 Å². The highest BCUT2D eigenvalue weighted by Crippen LogP contribution is 2.16. The number of unbranched alkanes of at least 4 members (excludes halogenated alkanes) is 13. The van der Waals surface area contributed by atoms with Crippen molar-refractivity contribution in [3.05, 3.63) is 12.2 Å². The molecule has 2 nitrogen and oxygen atoms in total. The number of Topliss-reactive ketones (excluding diaryl/α,β-unsaturated/α-hetero) is 1. The van der Waals surface area contributed by atoms with Gasteiger partial charge in [-0.15, -0.1) is 0 Å². The molecule has 0 aromatic rings. The van der Waals surface area contributed by atoms with E-state index in [9.17, 15) is 4.79 Å². The Bertz CT molecular complexity index is 372. The molecule has 2 heteroatoms. The molecule has 0 N–H and O–H groups in total. The number of hydrogen-bond acceptors (Lipinski definition) is 1. The van der Waals surface area contributed by atoms with Crippen molar-refractivity contribution in [2.75, 3.05) is 20.6 Å². The van der Waals surface area contributed by atoms with Crippen LogP contribution in [0.5, 0.6) is 0 Å². The van der Waals surface area contributed by atoms with E-state index < -0.39 is 0 Å². The second-order valence-corrected chi connectivity index (χ2v) is 8.92. The van der Waals surface area contributed by atoms with E-state index >= 15 is 0 Å². The van der Waals surface area contributed by atoms with Gasteiger partial charge in [-0.05, 0) is 32.3 Å². The summed E-state index contributed by atoms with van der Waals surface area (Å²) in [6, 6.07) is 0.0227. The Kier molecular flexibility index (Phi) is 15.1. The average Bonchev–Trinajstić information content (AvgIpc) is 2.60. The number of nitrogens with zero attached hydrogens (tertiary/aromatic N) is 1. The third-order valence-electron chi connectivity index (χ3n) is 5.94.